The lowest BCUT2D eigenvalue weighted by Crippen LogP contribution is -1.98. The summed E-state index contributed by atoms with van der Waals surface area (Å²) in [4.78, 5) is 1.37. The molecule has 0 amide bonds. The van der Waals surface area contributed by atoms with Gasteiger partial charge in [0.1, 0.15) is 0 Å². The van der Waals surface area contributed by atoms with Gasteiger partial charge in [0.15, 0.2) is 0 Å². The van der Waals surface area contributed by atoms with E-state index in [0.717, 1.165) is 13.0 Å². The zero-order valence-electron chi connectivity index (χ0n) is 8.12. The molecule has 0 aliphatic carbocycles. The Kier molecular flexibility index (Phi) is 4.94. The minimum atomic E-state index is 0.814. The van der Waals surface area contributed by atoms with E-state index in [9.17, 15) is 0 Å². The maximum absolute atomic E-state index is 5.42. The number of hydrogen-bond donors (Lipinski definition) is 1. The molecule has 2 heteroatoms. The predicted molar refractivity (Wildman–Crippen MR) is 60.2 cm³/mol. The smallest absolute Gasteiger partial charge is 0.00745 e. The van der Waals surface area contributed by atoms with Gasteiger partial charge < -0.3 is 5.73 Å². The van der Waals surface area contributed by atoms with Crippen molar-refractivity contribution in [2.75, 3.05) is 12.3 Å². The molecule has 0 saturated carbocycles. The van der Waals surface area contributed by atoms with E-state index in [1.807, 2.05) is 11.8 Å². The van der Waals surface area contributed by atoms with Gasteiger partial charge in [-0.3, -0.25) is 0 Å². The van der Waals surface area contributed by atoms with Gasteiger partial charge in [0.25, 0.3) is 0 Å². The molecule has 2 N–H and O–H groups in total. The molecule has 0 fully saturated rings. The Morgan fingerprint density at radius 2 is 2.15 bits per heavy atom. The highest BCUT2D eigenvalue weighted by Gasteiger charge is 1.93. The van der Waals surface area contributed by atoms with Crippen LogP contribution in [0.1, 0.15) is 18.4 Å². The van der Waals surface area contributed by atoms with Crippen LogP contribution in [0.25, 0.3) is 0 Å². The van der Waals surface area contributed by atoms with Crippen molar-refractivity contribution in [1.82, 2.24) is 0 Å². The van der Waals surface area contributed by atoms with Gasteiger partial charge in [0.05, 0.1) is 0 Å². The zero-order chi connectivity index (χ0) is 9.52. The van der Waals surface area contributed by atoms with Crippen molar-refractivity contribution in [2.45, 2.75) is 24.7 Å². The van der Waals surface area contributed by atoms with Gasteiger partial charge >= 0.3 is 0 Å². The van der Waals surface area contributed by atoms with Crippen LogP contribution in [0.3, 0.4) is 0 Å². The van der Waals surface area contributed by atoms with Crippen LogP contribution in [0.15, 0.2) is 29.2 Å². The number of benzene rings is 1. The standard InChI is InChI=1S/C11H17NS/c1-10-5-4-6-11(9-10)13-8-3-2-7-12/h4-6,9H,2-3,7-8,12H2,1H3. The molecule has 13 heavy (non-hydrogen) atoms. The number of nitrogens with two attached hydrogens (primary N) is 1. The first kappa shape index (κ1) is 10.6. The summed E-state index contributed by atoms with van der Waals surface area (Å²) in [6, 6.07) is 8.64. The number of aryl methyl sites for hydroxylation is 1. The Balaban J connectivity index is 2.28. The van der Waals surface area contributed by atoms with E-state index in [0.29, 0.717) is 0 Å². The van der Waals surface area contributed by atoms with E-state index in [1.54, 1.807) is 0 Å². The van der Waals surface area contributed by atoms with Crippen LogP contribution in [-0.2, 0) is 0 Å². The molecule has 0 atom stereocenters. The molecule has 0 aliphatic heterocycles. The first-order chi connectivity index (χ1) is 6.33. The third-order valence-corrected chi connectivity index (χ3v) is 2.94. The topological polar surface area (TPSA) is 26.0 Å². The van der Waals surface area contributed by atoms with Crippen molar-refractivity contribution >= 4 is 11.8 Å². The van der Waals surface area contributed by atoms with Crippen LogP contribution in [-0.4, -0.2) is 12.3 Å². The van der Waals surface area contributed by atoms with E-state index < -0.39 is 0 Å². The van der Waals surface area contributed by atoms with Gasteiger partial charge in [-0.05, 0) is 44.2 Å². The monoisotopic (exact) mass is 195 g/mol. The number of rotatable bonds is 5. The molecule has 0 aliphatic rings. The van der Waals surface area contributed by atoms with Crippen LogP contribution >= 0.6 is 11.8 Å². The quantitative estimate of drug-likeness (QED) is 0.577. The highest BCUT2D eigenvalue weighted by molar-refractivity contribution is 7.99. The molecule has 1 nitrogen and oxygen atoms in total. The van der Waals surface area contributed by atoms with Gasteiger partial charge in [-0.25, -0.2) is 0 Å². The predicted octanol–water partition coefficient (Wildman–Crippen LogP) is 2.83. The highest BCUT2D eigenvalue weighted by atomic mass is 32.2. The molecule has 72 valence electrons. The van der Waals surface area contributed by atoms with Crippen LogP contribution in [0, 0.1) is 6.92 Å². The van der Waals surface area contributed by atoms with E-state index in [-0.39, 0.29) is 0 Å². The largest absolute Gasteiger partial charge is 0.330 e. The summed E-state index contributed by atoms with van der Waals surface area (Å²) in [5, 5.41) is 0. The fraction of sp³-hybridized carbons (Fsp3) is 0.455. The average molecular weight is 195 g/mol. The molecule has 0 bridgehead atoms. The lowest BCUT2D eigenvalue weighted by Gasteiger charge is -2.01. The Labute approximate surface area is 84.7 Å². The molecule has 1 rings (SSSR count). The first-order valence-corrected chi connectivity index (χ1v) is 5.71. The maximum atomic E-state index is 5.42. The zero-order valence-corrected chi connectivity index (χ0v) is 8.94. The fourth-order valence-corrected chi connectivity index (χ4v) is 2.17. The van der Waals surface area contributed by atoms with E-state index in [4.69, 9.17) is 5.73 Å². The van der Waals surface area contributed by atoms with Gasteiger partial charge in [-0.2, -0.15) is 0 Å². The van der Waals surface area contributed by atoms with Gasteiger partial charge in [-0.15, -0.1) is 11.8 Å². The molecule has 0 radical (unpaired) electrons. The second-order valence-corrected chi connectivity index (χ2v) is 4.33. The third-order valence-electron chi connectivity index (χ3n) is 1.86. The third kappa shape index (κ3) is 4.34. The van der Waals surface area contributed by atoms with E-state index in [2.05, 4.69) is 31.2 Å². The van der Waals surface area contributed by atoms with Gasteiger partial charge in [-0.1, -0.05) is 17.7 Å². The van der Waals surface area contributed by atoms with Crippen molar-refractivity contribution in [1.29, 1.82) is 0 Å². The fourth-order valence-electron chi connectivity index (χ4n) is 1.14. The molecule has 0 unspecified atom stereocenters. The minimum absolute atomic E-state index is 0.814. The Hall–Kier alpha value is -0.470. The van der Waals surface area contributed by atoms with Crippen molar-refractivity contribution in [3.63, 3.8) is 0 Å². The SMILES string of the molecule is Cc1cccc(SCCCCN)c1. The Bertz CT molecular complexity index is 248. The van der Waals surface area contributed by atoms with Crippen LogP contribution in [0.4, 0.5) is 0 Å². The van der Waals surface area contributed by atoms with Crippen molar-refractivity contribution in [2.24, 2.45) is 5.73 Å². The Morgan fingerprint density at radius 3 is 2.85 bits per heavy atom. The summed E-state index contributed by atoms with van der Waals surface area (Å²) >= 11 is 1.92. The highest BCUT2D eigenvalue weighted by Crippen LogP contribution is 2.19. The second-order valence-electron chi connectivity index (χ2n) is 3.16. The summed E-state index contributed by atoms with van der Waals surface area (Å²) in [6.07, 6.45) is 2.36. The average Bonchev–Trinajstić information content (AvgIpc) is 2.13. The lowest BCUT2D eigenvalue weighted by molar-refractivity contribution is 0.814. The molecular formula is C11H17NS. The van der Waals surface area contributed by atoms with Gasteiger partial charge in [0, 0.05) is 4.90 Å². The summed E-state index contributed by atoms with van der Waals surface area (Å²) < 4.78 is 0. The first-order valence-electron chi connectivity index (χ1n) is 4.72. The number of hydrogen-bond acceptors (Lipinski definition) is 2. The van der Waals surface area contributed by atoms with Crippen LogP contribution in [0.2, 0.25) is 0 Å². The van der Waals surface area contributed by atoms with Crippen molar-refractivity contribution < 1.29 is 0 Å². The van der Waals surface area contributed by atoms with Crippen molar-refractivity contribution in [3.8, 4) is 0 Å². The normalized spacial score (nSPS) is 10.3. The van der Waals surface area contributed by atoms with Crippen LogP contribution < -0.4 is 5.73 Å². The van der Waals surface area contributed by atoms with E-state index >= 15 is 0 Å². The number of thioether (sulfide) groups is 1. The number of unbranched alkanes of at least 4 members (excludes halogenated alkanes) is 1. The summed E-state index contributed by atoms with van der Waals surface area (Å²) in [7, 11) is 0. The molecule has 0 saturated heterocycles. The molecule has 0 spiro atoms. The van der Waals surface area contributed by atoms with Gasteiger partial charge in [0.2, 0.25) is 0 Å². The molecule has 1 aromatic rings. The lowest BCUT2D eigenvalue weighted by atomic mass is 10.2. The molecule has 1 aromatic carbocycles. The van der Waals surface area contributed by atoms with Crippen molar-refractivity contribution in [3.05, 3.63) is 29.8 Å². The minimum Gasteiger partial charge on any atom is -0.330 e. The molecule has 0 aromatic heterocycles. The van der Waals surface area contributed by atoms with E-state index in [1.165, 1.54) is 22.6 Å². The summed E-state index contributed by atoms with van der Waals surface area (Å²) in [5.74, 6) is 1.18. The summed E-state index contributed by atoms with van der Waals surface area (Å²) in [5.41, 5.74) is 6.76. The molecule has 0 heterocycles. The second kappa shape index (κ2) is 6.06. The maximum Gasteiger partial charge on any atom is 0.00745 e. The summed E-state index contributed by atoms with van der Waals surface area (Å²) in [6.45, 7) is 2.94. The molecular weight excluding hydrogens is 178 g/mol. The Morgan fingerprint density at radius 1 is 1.31 bits per heavy atom. The van der Waals surface area contributed by atoms with Crippen LogP contribution in [0.5, 0.6) is 0 Å².